The molecule has 1 unspecified atom stereocenters. The number of rotatable bonds is 3. The van der Waals surface area contributed by atoms with Crippen molar-refractivity contribution in [3.63, 3.8) is 0 Å². The van der Waals surface area contributed by atoms with E-state index in [2.05, 4.69) is 42.7 Å². The molecule has 88 valence electrons. The molecule has 0 bridgehead atoms. The summed E-state index contributed by atoms with van der Waals surface area (Å²) in [4.78, 5) is 0. The molecule has 2 heteroatoms. The van der Waals surface area contributed by atoms with Crippen molar-refractivity contribution >= 4 is 5.69 Å². The van der Waals surface area contributed by atoms with Crippen molar-refractivity contribution in [1.29, 1.82) is 0 Å². The first-order valence-corrected chi connectivity index (χ1v) is 6.24. The molecule has 1 aromatic carbocycles. The van der Waals surface area contributed by atoms with Crippen molar-refractivity contribution in [1.82, 2.24) is 5.32 Å². The number of hydrogen-bond acceptors (Lipinski definition) is 2. The average molecular weight is 218 g/mol. The van der Waals surface area contributed by atoms with Gasteiger partial charge in [-0.1, -0.05) is 26.0 Å². The van der Waals surface area contributed by atoms with Gasteiger partial charge in [0, 0.05) is 18.3 Å². The van der Waals surface area contributed by atoms with E-state index in [4.69, 9.17) is 0 Å². The van der Waals surface area contributed by atoms with Crippen LogP contribution in [0.5, 0.6) is 0 Å². The SMILES string of the molecule is CNCC1CCc2cc(C(C)C)ccc2N1. The second kappa shape index (κ2) is 4.88. The lowest BCUT2D eigenvalue weighted by molar-refractivity contribution is 0.592. The standard InChI is InChI=1S/C14H22N2/c1-10(2)11-5-7-14-12(8-11)4-6-13(16-14)9-15-3/h5,7-8,10,13,15-16H,4,6,9H2,1-3H3. The van der Waals surface area contributed by atoms with Gasteiger partial charge >= 0.3 is 0 Å². The molecule has 0 radical (unpaired) electrons. The summed E-state index contributed by atoms with van der Waals surface area (Å²) in [5, 5.41) is 6.84. The van der Waals surface area contributed by atoms with Crippen LogP contribution in [0.4, 0.5) is 5.69 Å². The average Bonchev–Trinajstić information content (AvgIpc) is 2.28. The molecular formula is C14H22N2. The van der Waals surface area contributed by atoms with E-state index in [9.17, 15) is 0 Å². The molecule has 2 nitrogen and oxygen atoms in total. The molecule has 0 saturated heterocycles. The Morgan fingerprint density at radius 3 is 2.94 bits per heavy atom. The van der Waals surface area contributed by atoms with Crippen LogP contribution >= 0.6 is 0 Å². The van der Waals surface area contributed by atoms with Gasteiger partial charge in [-0.25, -0.2) is 0 Å². The fraction of sp³-hybridized carbons (Fsp3) is 0.571. The van der Waals surface area contributed by atoms with Gasteiger partial charge in [-0.3, -0.25) is 0 Å². The van der Waals surface area contributed by atoms with Gasteiger partial charge in [0.2, 0.25) is 0 Å². The highest BCUT2D eigenvalue weighted by Crippen LogP contribution is 2.28. The van der Waals surface area contributed by atoms with E-state index in [1.54, 1.807) is 0 Å². The Morgan fingerprint density at radius 2 is 2.25 bits per heavy atom. The fourth-order valence-electron chi connectivity index (χ4n) is 2.34. The number of fused-ring (bicyclic) bond motifs is 1. The summed E-state index contributed by atoms with van der Waals surface area (Å²) >= 11 is 0. The Balaban J connectivity index is 2.15. The summed E-state index contributed by atoms with van der Waals surface area (Å²) in [6.45, 7) is 5.55. The maximum absolute atomic E-state index is 3.60. The minimum atomic E-state index is 0.586. The van der Waals surface area contributed by atoms with Gasteiger partial charge in [-0.2, -0.15) is 0 Å². The summed E-state index contributed by atoms with van der Waals surface area (Å²) in [6.07, 6.45) is 2.44. The second-order valence-electron chi connectivity index (χ2n) is 5.01. The van der Waals surface area contributed by atoms with Crippen LogP contribution in [0.3, 0.4) is 0 Å². The molecule has 0 aromatic heterocycles. The molecule has 1 heterocycles. The zero-order chi connectivity index (χ0) is 11.5. The van der Waals surface area contributed by atoms with E-state index in [1.165, 1.54) is 29.7 Å². The summed E-state index contributed by atoms with van der Waals surface area (Å²) < 4.78 is 0. The zero-order valence-corrected chi connectivity index (χ0v) is 10.5. The molecular weight excluding hydrogens is 196 g/mol. The van der Waals surface area contributed by atoms with Crippen molar-refractivity contribution in [2.24, 2.45) is 0 Å². The van der Waals surface area contributed by atoms with E-state index in [-0.39, 0.29) is 0 Å². The van der Waals surface area contributed by atoms with Crippen LogP contribution in [0.2, 0.25) is 0 Å². The van der Waals surface area contributed by atoms with Gasteiger partial charge in [-0.05, 0) is 43.0 Å². The van der Waals surface area contributed by atoms with Crippen molar-refractivity contribution in [3.05, 3.63) is 29.3 Å². The van der Waals surface area contributed by atoms with Crippen LogP contribution in [0, 0.1) is 0 Å². The van der Waals surface area contributed by atoms with Crippen LogP contribution in [0.1, 0.15) is 37.3 Å². The van der Waals surface area contributed by atoms with Gasteiger partial charge in [0.05, 0.1) is 0 Å². The summed E-state index contributed by atoms with van der Waals surface area (Å²) in [6, 6.07) is 7.44. The van der Waals surface area contributed by atoms with Crippen molar-refractivity contribution in [2.45, 2.75) is 38.6 Å². The molecule has 0 spiro atoms. The van der Waals surface area contributed by atoms with Gasteiger partial charge < -0.3 is 10.6 Å². The Kier molecular flexibility index (Phi) is 3.49. The Labute approximate surface area is 98.4 Å². The molecule has 2 N–H and O–H groups in total. The number of benzene rings is 1. The van der Waals surface area contributed by atoms with Crippen molar-refractivity contribution < 1.29 is 0 Å². The third kappa shape index (κ3) is 2.38. The maximum atomic E-state index is 3.60. The van der Waals surface area contributed by atoms with Gasteiger partial charge in [0.25, 0.3) is 0 Å². The van der Waals surface area contributed by atoms with Gasteiger partial charge in [0.1, 0.15) is 0 Å². The highest BCUT2D eigenvalue weighted by atomic mass is 15.0. The molecule has 1 aromatic rings. The summed E-state index contributed by atoms with van der Waals surface area (Å²) in [5.41, 5.74) is 4.27. The fourth-order valence-corrected chi connectivity index (χ4v) is 2.34. The largest absolute Gasteiger partial charge is 0.381 e. The third-order valence-corrected chi connectivity index (χ3v) is 3.37. The predicted octanol–water partition coefficient (Wildman–Crippen LogP) is 2.76. The van der Waals surface area contributed by atoms with Crippen molar-refractivity contribution in [3.8, 4) is 0 Å². The van der Waals surface area contributed by atoms with Crippen LogP contribution in [-0.2, 0) is 6.42 Å². The van der Waals surface area contributed by atoms with E-state index < -0.39 is 0 Å². The van der Waals surface area contributed by atoms with E-state index >= 15 is 0 Å². The van der Waals surface area contributed by atoms with E-state index in [0.29, 0.717) is 12.0 Å². The smallest absolute Gasteiger partial charge is 0.0389 e. The van der Waals surface area contributed by atoms with Gasteiger partial charge in [0.15, 0.2) is 0 Å². The zero-order valence-electron chi connectivity index (χ0n) is 10.5. The molecule has 2 rings (SSSR count). The first-order chi connectivity index (χ1) is 7.70. The van der Waals surface area contributed by atoms with Gasteiger partial charge in [-0.15, -0.1) is 0 Å². The minimum Gasteiger partial charge on any atom is -0.381 e. The lowest BCUT2D eigenvalue weighted by Crippen LogP contribution is -2.34. The minimum absolute atomic E-state index is 0.586. The number of likely N-dealkylation sites (N-methyl/N-ethyl adjacent to an activating group) is 1. The second-order valence-corrected chi connectivity index (χ2v) is 5.01. The lowest BCUT2D eigenvalue weighted by Gasteiger charge is -2.27. The lowest BCUT2D eigenvalue weighted by atomic mass is 9.93. The van der Waals surface area contributed by atoms with E-state index in [1.807, 2.05) is 7.05 Å². The quantitative estimate of drug-likeness (QED) is 0.815. The van der Waals surface area contributed by atoms with Crippen LogP contribution in [0.25, 0.3) is 0 Å². The molecule has 16 heavy (non-hydrogen) atoms. The molecule has 0 saturated carbocycles. The number of hydrogen-bond donors (Lipinski definition) is 2. The summed E-state index contributed by atoms with van der Waals surface area (Å²) in [7, 11) is 2.01. The molecule has 1 aliphatic rings. The third-order valence-electron chi connectivity index (χ3n) is 3.37. The Bertz CT molecular complexity index is 358. The number of aryl methyl sites for hydroxylation is 1. The molecule has 1 aliphatic heterocycles. The number of nitrogens with one attached hydrogen (secondary N) is 2. The first-order valence-electron chi connectivity index (χ1n) is 6.24. The topological polar surface area (TPSA) is 24.1 Å². The van der Waals surface area contributed by atoms with Crippen LogP contribution < -0.4 is 10.6 Å². The van der Waals surface area contributed by atoms with Crippen molar-refractivity contribution in [2.75, 3.05) is 18.9 Å². The predicted molar refractivity (Wildman–Crippen MR) is 70.2 cm³/mol. The normalized spacial score (nSPS) is 19.4. The Morgan fingerprint density at radius 1 is 1.44 bits per heavy atom. The first kappa shape index (κ1) is 11.5. The van der Waals surface area contributed by atoms with Crippen LogP contribution in [0.15, 0.2) is 18.2 Å². The highest BCUT2D eigenvalue weighted by Gasteiger charge is 2.17. The maximum Gasteiger partial charge on any atom is 0.0389 e. The molecule has 0 aliphatic carbocycles. The summed E-state index contributed by atoms with van der Waals surface area (Å²) in [5.74, 6) is 0.625. The number of anilines is 1. The highest BCUT2D eigenvalue weighted by molar-refractivity contribution is 5.55. The molecule has 0 amide bonds. The Hall–Kier alpha value is -1.02. The molecule has 0 fully saturated rings. The van der Waals surface area contributed by atoms with Crippen LogP contribution in [-0.4, -0.2) is 19.6 Å². The van der Waals surface area contributed by atoms with E-state index in [0.717, 1.165) is 6.54 Å². The monoisotopic (exact) mass is 218 g/mol. The molecule has 1 atom stereocenters.